The van der Waals surface area contributed by atoms with Gasteiger partial charge in [0.25, 0.3) is 0 Å². The van der Waals surface area contributed by atoms with Crippen molar-refractivity contribution >= 4 is 34.0 Å². The van der Waals surface area contributed by atoms with Crippen LogP contribution in [0.3, 0.4) is 0 Å². The standard InChI is InChI=1S/C16H11F4IN2O/c1-15(21)23-14(8-2-4-9(5-3-8)16(18,19)20)13-11(17)6-10(22)7-12(13)24-15/h2-7H,22H2,1H3. The number of aliphatic imine (C=N–C) groups is 1. The zero-order chi connectivity index (χ0) is 17.7. The van der Waals surface area contributed by atoms with Crippen LogP contribution in [0.4, 0.5) is 23.2 Å². The number of hydrogen-bond acceptors (Lipinski definition) is 3. The van der Waals surface area contributed by atoms with Crippen molar-refractivity contribution < 1.29 is 22.3 Å². The van der Waals surface area contributed by atoms with Crippen LogP contribution in [-0.4, -0.2) is 9.44 Å². The third-order valence-corrected chi connectivity index (χ3v) is 3.87. The van der Waals surface area contributed by atoms with Gasteiger partial charge in [-0.15, -0.1) is 0 Å². The summed E-state index contributed by atoms with van der Waals surface area (Å²) in [5, 5.41) is 0. The predicted octanol–water partition coefficient (Wildman–Crippen LogP) is 4.77. The number of hydrogen-bond donors (Lipinski definition) is 1. The van der Waals surface area contributed by atoms with Gasteiger partial charge in [-0.05, 0) is 40.8 Å². The van der Waals surface area contributed by atoms with Gasteiger partial charge in [-0.25, -0.2) is 9.38 Å². The first-order chi connectivity index (χ1) is 11.1. The molecule has 1 aliphatic heterocycles. The molecule has 8 heteroatoms. The summed E-state index contributed by atoms with van der Waals surface area (Å²) in [7, 11) is 0. The minimum absolute atomic E-state index is 0.0816. The highest BCUT2D eigenvalue weighted by atomic mass is 127. The SMILES string of the molecule is CC1(I)N=C(c2ccc(C(F)(F)F)cc2)c2c(F)cc(N)cc2O1. The quantitative estimate of drug-likeness (QED) is 0.224. The molecule has 1 unspecified atom stereocenters. The summed E-state index contributed by atoms with van der Waals surface area (Å²) in [4.78, 5) is 4.33. The Morgan fingerprint density at radius 3 is 2.38 bits per heavy atom. The molecule has 0 aromatic heterocycles. The van der Waals surface area contributed by atoms with Crippen LogP contribution < -0.4 is 10.5 Å². The lowest BCUT2D eigenvalue weighted by molar-refractivity contribution is -0.137. The van der Waals surface area contributed by atoms with E-state index in [2.05, 4.69) is 4.99 Å². The van der Waals surface area contributed by atoms with Crippen LogP contribution in [0.25, 0.3) is 0 Å². The first-order valence-corrected chi connectivity index (χ1v) is 7.89. The Morgan fingerprint density at radius 1 is 1.17 bits per heavy atom. The first kappa shape index (κ1) is 17.0. The van der Waals surface area contributed by atoms with Crippen LogP contribution in [0.15, 0.2) is 41.4 Å². The van der Waals surface area contributed by atoms with Gasteiger partial charge >= 0.3 is 6.18 Å². The van der Waals surface area contributed by atoms with Gasteiger partial charge in [0.2, 0.25) is 3.73 Å². The number of nitrogens with zero attached hydrogens (tertiary/aromatic N) is 1. The highest BCUT2D eigenvalue weighted by molar-refractivity contribution is 14.1. The molecule has 1 atom stereocenters. The third-order valence-electron chi connectivity index (χ3n) is 3.41. The Kier molecular flexibility index (Phi) is 3.97. The molecule has 0 fully saturated rings. The van der Waals surface area contributed by atoms with Crippen molar-refractivity contribution in [3.05, 3.63) is 58.9 Å². The van der Waals surface area contributed by atoms with Gasteiger partial charge in [-0.3, -0.25) is 0 Å². The molecule has 2 N–H and O–H groups in total. The summed E-state index contributed by atoms with van der Waals surface area (Å²) in [5.41, 5.74) is 5.70. The Balaban J connectivity index is 2.15. The Bertz CT molecular complexity index is 829. The first-order valence-electron chi connectivity index (χ1n) is 6.82. The van der Waals surface area contributed by atoms with Gasteiger partial charge in [-0.2, -0.15) is 13.2 Å². The number of anilines is 1. The molecular weight excluding hydrogens is 439 g/mol. The summed E-state index contributed by atoms with van der Waals surface area (Å²) < 4.78 is 57.1. The van der Waals surface area contributed by atoms with Crippen LogP contribution in [0, 0.1) is 5.82 Å². The molecule has 126 valence electrons. The van der Waals surface area contributed by atoms with Crippen LogP contribution in [0.2, 0.25) is 0 Å². The zero-order valence-corrected chi connectivity index (χ0v) is 14.4. The Labute approximate surface area is 148 Å². The Hall–Kier alpha value is -1.84. The van der Waals surface area contributed by atoms with Crippen molar-refractivity contribution in [1.29, 1.82) is 0 Å². The monoisotopic (exact) mass is 450 g/mol. The van der Waals surface area contributed by atoms with Gasteiger partial charge in [0, 0.05) is 24.2 Å². The number of alkyl halides is 4. The van der Waals surface area contributed by atoms with Crippen LogP contribution in [0.1, 0.15) is 23.6 Å². The maximum absolute atomic E-state index is 14.4. The highest BCUT2D eigenvalue weighted by Crippen LogP contribution is 2.39. The van der Waals surface area contributed by atoms with E-state index in [1.54, 1.807) is 6.92 Å². The molecule has 0 spiro atoms. The van der Waals surface area contributed by atoms with Gasteiger partial charge < -0.3 is 10.5 Å². The fraction of sp³-hybridized carbons (Fsp3) is 0.188. The third kappa shape index (κ3) is 3.19. The lowest BCUT2D eigenvalue weighted by atomic mass is 9.98. The zero-order valence-electron chi connectivity index (χ0n) is 12.3. The molecule has 0 saturated carbocycles. The fourth-order valence-electron chi connectivity index (χ4n) is 2.42. The average molecular weight is 450 g/mol. The summed E-state index contributed by atoms with van der Waals surface area (Å²) in [5.74, 6) is -0.440. The van der Waals surface area contributed by atoms with E-state index in [-0.39, 0.29) is 22.7 Å². The van der Waals surface area contributed by atoms with Crippen molar-refractivity contribution in [2.75, 3.05) is 5.73 Å². The lowest BCUT2D eigenvalue weighted by Crippen LogP contribution is -2.30. The number of benzene rings is 2. The molecule has 0 bridgehead atoms. The number of rotatable bonds is 1. The molecular formula is C16H11F4IN2O. The number of nitrogens with two attached hydrogens (primary N) is 1. The topological polar surface area (TPSA) is 47.6 Å². The maximum atomic E-state index is 14.4. The van der Waals surface area contributed by atoms with Crippen LogP contribution in [-0.2, 0) is 6.18 Å². The van der Waals surface area contributed by atoms with E-state index in [1.165, 1.54) is 18.2 Å². The molecule has 1 aliphatic rings. The van der Waals surface area contributed by atoms with E-state index in [4.69, 9.17) is 10.5 Å². The average Bonchev–Trinajstić information content (AvgIpc) is 2.43. The van der Waals surface area contributed by atoms with E-state index >= 15 is 0 Å². The number of fused-ring (bicyclic) bond motifs is 1. The van der Waals surface area contributed by atoms with Crippen LogP contribution >= 0.6 is 22.6 Å². The molecule has 2 aromatic rings. The van der Waals surface area contributed by atoms with E-state index in [0.717, 1.165) is 18.2 Å². The normalized spacial score (nSPS) is 20.2. The molecule has 0 amide bonds. The predicted molar refractivity (Wildman–Crippen MR) is 90.9 cm³/mol. The Morgan fingerprint density at radius 2 is 1.79 bits per heavy atom. The van der Waals surface area contributed by atoms with E-state index in [1.807, 2.05) is 22.6 Å². The van der Waals surface area contributed by atoms with Crippen molar-refractivity contribution in [3.8, 4) is 5.75 Å². The van der Waals surface area contributed by atoms with Crippen molar-refractivity contribution in [3.63, 3.8) is 0 Å². The minimum Gasteiger partial charge on any atom is -0.457 e. The van der Waals surface area contributed by atoms with Gasteiger partial charge in [-0.1, -0.05) is 12.1 Å². The summed E-state index contributed by atoms with van der Waals surface area (Å²) in [6.45, 7) is 1.65. The number of nitrogen functional groups attached to an aromatic ring is 1. The van der Waals surface area contributed by atoms with E-state index < -0.39 is 21.3 Å². The summed E-state index contributed by atoms with van der Waals surface area (Å²) in [6.07, 6.45) is -4.44. The molecule has 24 heavy (non-hydrogen) atoms. The molecule has 1 heterocycles. The molecule has 0 aliphatic carbocycles. The summed E-state index contributed by atoms with van der Waals surface area (Å²) >= 11 is 1.92. The molecule has 0 saturated heterocycles. The molecule has 3 rings (SSSR count). The smallest absolute Gasteiger partial charge is 0.416 e. The number of ether oxygens (including phenoxy) is 1. The van der Waals surface area contributed by atoms with Gasteiger partial charge in [0.1, 0.15) is 11.6 Å². The second kappa shape index (κ2) is 5.61. The summed E-state index contributed by atoms with van der Waals surface area (Å²) in [6, 6.07) is 6.99. The number of halogens is 5. The van der Waals surface area contributed by atoms with E-state index in [0.29, 0.717) is 5.56 Å². The largest absolute Gasteiger partial charge is 0.457 e. The van der Waals surface area contributed by atoms with Gasteiger partial charge in [0.15, 0.2) is 0 Å². The van der Waals surface area contributed by atoms with Crippen molar-refractivity contribution in [2.24, 2.45) is 4.99 Å². The van der Waals surface area contributed by atoms with Crippen LogP contribution in [0.5, 0.6) is 5.75 Å². The minimum atomic E-state index is -4.44. The molecule has 3 nitrogen and oxygen atoms in total. The maximum Gasteiger partial charge on any atom is 0.416 e. The molecule has 0 radical (unpaired) electrons. The van der Waals surface area contributed by atoms with Crippen molar-refractivity contribution in [1.82, 2.24) is 0 Å². The second-order valence-corrected chi connectivity index (χ2v) is 7.38. The molecule has 2 aromatic carbocycles. The highest BCUT2D eigenvalue weighted by Gasteiger charge is 2.34. The van der Waals surface area contributed by atoms with Crippen molar-refractivity contribution in [2.45, 2.75) is 16.8 Å². The second-order valence-electron chi connectivity index (χ2n) is 5.38. The fourth-order valence-corrected chi connectivity index (χ4v) is 2.90. The van der Waals surface area contributed by atoms with E-state index in [9.17, 15) is 17.6 Å². The van der Waals surface area contributed by atoms with Gasteiger partial charge in [0.05, 0.1) is 16.8 Å². The lowest BCUT2D eigenvalue weighted by Gasteiger charge is -2.29.